The monoisotopic (exact) mass is 236 g/mol. The Morgan fingerprint density at radius 2 is 2.24 bits per heavy atom. The second-order valence-electron chi connectivity index (χ2n) is 3.52. The van der Waals surface area contributed by atoms with Gasteiger partial charge in [0.05, 0.1) is 0 Å². The molecule has 0 aliphatic rings. The van der Waals surface area contributed by atoms with E-state index in [0.717, 1.165) is 5.56 Å². The lowest BCUT2D eigenvalue weighted by molar-refractivity contribution is 0.505. The number of halogens is 1. The minimum atomic E-state index is -0.265. The quantitative estimate of drug-likeness (QED) is 0.818. The highest BCUT2D eigenvalue weighted by Crippen LogP contribution is 2.09. The van der Waals surface area contributed by atoms with E-state index >= 15 is 0 Å². The predicted molar refractivity (Wildman–Crippen MR) is 60.8 cm³/mol. The van der Waals surface area contributed by atoms with E-state index in [2.05, 4.69) is 15.5 Å². The Morgan fingerprint density at radius 1 is 1.35 bits per heavy atom. The van der Waals surface area contributed by atoms with Gasteiger partial charge in [-0.1, -0.05) is 17.2 Å². The summed E-state index contributed by atoms with van der Waals surface area (Å²) in [5.74, 6) is 0.230. The van der Waals surface area contributed by atoms with E-state index in [1.165, 1.54) is 12.1 Å². The Labute approximate surface area is 97.8 Å². The van der Waals surface area contributed by atoms with Crippen molar-refractivity contribution >= 4 is 6.01 Å². The van der Waals surface area contributed by atoms with Crippen LogP contribution in [-0.2, 0) is 13.0 Å². The minimum absolute atomic E-state index is 0.265. The fraction of sp³-hybridized carbons (Fsp3) is 0.273. The first-order chi connectivity index (χ1) is 8.28. The Balaban J connectivity index is 1.93. The van der Waals surface area contributed by atoms with Crippen LogP contribution in [0.1, 0.15) is 11.5 Å². The van der Waals surface area contributed by atoms with Crippen molar-refractivity contribution in [2.75, 3.05) is 11.9 Å². The fourth-order valence-electron chi connectivity index (χ4n) is 1.37. The summed E-state index contributed by atoms with van der Waals surface area (Å²) in [5, 5.41) is 10.5. The first-order valence-corrected chi connectivity index (χ1v) is 5.28. The van der Waals surface area contributed by atoms with Crippen LogP contribution in [0.25, 0.3) is 0 Å². The molecule has 5 nitrogen and oxygen atoms in total. The standard InChI is InChI=1S/C11H13FN4O/c12-9-3-1-2-8(6-9)7-14-11-16-15-10(17-11)4-5-13/h1-3,6H,4-5,7,13H2,(H,14,16). The summed E-state index contributed by atoms with van der Waals surface area (Å²) in [6.07, 6.45) is 0.550. The van der Waals surface area contributed by atoms with Crippen molar-refractivity contribution < 1.29 is 8.81 Å². The molecule has 0 aliphatic heterocycles. The Hall–Kier alpha value is -1.95. The first-order valence-electron chi connectivity index (χ1n) is 5.28. The summed E-state index contributed by atoms with van der Waals surface area (Å²) >= 11 is 0. The van der Waals surface area contributed by atoms with Gasteiger partial charge in [0, 0.05) is 19.5 Å². The van der Waals surface area contributed by atoms with Crippen LogP contribution >= 0.6 is 0 Å². The molecule has 0 bridgehead atoms. The number of anilines is 1. The van der Waals surface area contributed by atoms with Crippen molar-refractivity contribution in [3.63, 3.8) is 0 Å². The van der Waals surface area contributed by atoms with Gasteiger partial charge in [-0.05, 0) is 17.7 Å². The van der Waals surface area contributed by atoms with E-state index < -0.39 is 0 Å². The van der Waals surface area contributed by atoms with Gasteiger partial charge < -0.3 is 15.5 Å². The minimum Gasteiger partial charge on any atom is -0.408 e. The maximum atomic E-state index is 12.9. The highest BCUT2D eigenvalue weighted by Gasteiger charge is 2.04. The fourth-order valence-corrected chi connectivity index (χ4v) is 1.37. The summed E-state index contributed by atoms with van der Waals surface area (Å²) in [6.45, 7) is 0.896. The molecule has 2 rings (SSSR count). The van der Waals surface area contributed by atoms with Gasteiger partial charge in [0.1, 0.15) is 5.82 Å². The van der Waals surface area contributed by atoms with E-state index in [-0.39, 0.29) is 5.82 Å². The number of nitrogens with two attached hydrogens (primary N) is 1. The number of nitrogens with one attached hydrogen (secondary N) is 1. The highest BCUT2D eigenvalue weighted by atomic mass is 19.1. The molecule has 0 aliphatic carbocycles. The van der Waals surface area contributed by atoms with Crippen molar-refractivity contribution in [1.82, 2.24) is 10.2 Å². The molecule has 0 atom stereocenters. The number of aromatic nitrogens is 2. The summed E-state index contributed by atoms with van der Waals surface area (Å²) in [4.78, 5) is 0. The first kappa shape index (κ1) is 11.5. The molecule has 0 saturated carbocycles. The van der Waals surface area contributed by atoms with E-state index in [1.54, 1.807) is 6.07 Å². The molecule has 3 N–H and O–H groups in total. The Bertz CT molecular complexity index is 486. The van der Waals surface area contributed by atoms with Gasteiger partial charge >= 0.3 is 6.01 Å². The van der Waals surface area contributed by atoms with Crippen LogP contribution in [0.3, 0.4) is 0 Å². The molecule has 90 valence electrons. The molecule has 17 heavy (non-hydrogen) atoms. The zero-order valence-corrected chi connectivity index (χ0v) is 9.19. The second-order valence-corrected chi connectivity index (χ2v) is 3.52. The molecule has 0 unspecified atom stereocenters. The van der Waals surface area contributed by atoms with Gasteiger partial charge in [-0.2, -0.15) is 0 Å². The predicted octanol–water partition coefficient (Wildman–Crippen LogP) is 1.32. The molecule has 0 amide bonds. The molecule has 2 aromatic rings. The van der Waals surface area contributed by atoms with Crippen molar-refractivity contribution in [2.24, 2.45) is 5.73 Å². The number of nitrogens with zero attached hydrogens (tertiary/aromatic N) is 2. The summed E-state index contributed by atoms with van der Waals surface area (Å²) in [7, 11) is 0. The topological polar surface area (TPSA) is 77.0 Å². The molecule has 0 spiro atoms. The summed E-state index contributed by atoms with van der Waals surface area (Å²) < 4.78 is 18.2. The summed E-state index contributed by atoms with van der Waals surface area (Å²) in [6, 6.07) is 6.63. The van der Waals surface area contributed by atoms with Crippen molar-refractivity contribution in [3.05, 3.63) is 41.5 Å². The molecule has 1 aromatic carbocycles. The zero-order chi connectivity index (χ0) is 12.1. The number of hydrogen-bond donors (Lipinski definition) is 2. The van der Waals surface area contributed by atoms with Crippen LogP contribution < -0.4 is 11.1 Å². The molecule has 6 heteroatoms. The third-order valence-electron chi connectivity index (χ3n) is 2.16. The van der Waals surface area contributed by atoms with Gasteiger partial charge in [-0.25, -0.2) is 4.39 Å². The Morgan fingerprint density at radius 3 is 3.00 bits per heavy atom. The zero-order valence-electron chi connectivity index (χ0n) is 9.19. The van der Waals surface area contributed by atoms with E-state index in [0.29, 0.717) is 31.4 Å². The molecule has 0 radical (unpaired) electrons. The van der Waals surface area contributed by atoms with Crippen LogP contribution in [0.4, 0.5) is 10.4 Å². The highest BCUT2D eigenvalue weighted by molar-refractivity contribution is 5.24. The van der Waals surface area contributed by atoms with Crippen LogP contribution in [0, 0.1) is 5.82 Å². The molecular formula is C11H13FN4O. The number of benzene rings is 1. The maximum absolute atomic E-state index is 12.9. The average molecular weight is 236 g/mol. The SMILES string of the molecule is NCCc1nnc(NCc2cccc(F)c2)o1. The number of hydrogen-bond acceptors (Lipinski definition) is 5. The molecule has 1 aromatic heterocycles. The number of rotatable bonds is 5. The van der Waals surface area contributed by atoms with E-state index in [4.69, 9.17) is 10.2 Å². The van der Waals surface area contributed by atoms with Gasteiger partial charge in [0.25, 0.3) is 0 Å². The maximum Gasteiger partial charge on any atom is 0.315 e. The van der Waals surface area contributed by atoms with Crippen molar-refractivity contribution in [1.29, 1.82) is 0 Å². The van der Waals surface area contributed by atoms with Crippen LogP contribution in [0.15, 0.2) is 28.7 Å². The third kappa shape index (κ3) is 3.25. The third-order valence-corrected chi connectivity index (χ3v) is 2.16. The molecule has 1 heterocycles. The normalized spacial score (nSPS) is 10.5. The van der Waals surface area contributed by atoms with Gasteiger partial charge in [-0.15, -0.1) is 5.10 Å². The molecule has 0 saturated heterocycles. The largest absolute Gasteiger partial charge is 0.408 e. The van der Waals surface area contributed by atoms with Gasteiger partial charge in [0.15, 0.2) is 0 Å². The average Bonchev–Trinajstić information content (AvgIpc) is 2.75. The van der Waals surface area contributed by atoms with Crippen LogP contribution in [0.2, 0.25) is 0 Å². The van der Waals surface area contributed by atoms with Gasteiger partial charge in [-0.3, -0.25) is 0 Å². The van der Waals surface area contributed by atoms with Crippen LogP contribution in [-0.4, -0.2) is 16.7 Å². The van der Waals surface area contributed by atoms with Crippen molar-refractivity contribution in [3.8, 4) is 0 Å². The Kier molecular flexibility index (Phi) is 3.66. The smallest absolute Gasteiger partial charge is 0.315 e. The lowest BCUT2D eigenvalue weighted by atomic mass is 10.2. The molecular weight excluding hydrogens is 223 g/mol. The van der Waals surface area contributed by atoms with Gasteiger partial charge in [0.2, 0.25) is 5.89 Å². The van der Waals surface area contributed by atoms with E-state index in [1.807, 2.05) is 6.07 Å². The lowest BCUT2D eigenvalue weighted by Crippen LogP contribution is -2.02. The van der Waals surface area contributed by atoms with E-state index in [9.17, 15) is 4.39 Å². The lowest BCUT2D eigenvalue weighted by Gasteiger charge is -2.01. The van der Waals surface area contributed by atoms with Crippen LogP contribution in [0.5, 0.6) is 0 Å². The summed E-state index contributed by atoms with van der Waals surface area (Å²) in [5.41, 5.74) is 6.17. The second kappa shape index (κ2) is 5.40. The van der Waals surface area contributed by atoms with Crippen molar-refractivity contribution in [2.45, 2.75) is 13.0 Å². The molecule has 0 fully saturated rings.